The summed E-state index contributed by atoms with van der Waals surface area (Å²) >= 11 is 2.07. The Kier molecular flexibility index (Phi) is 5.03. The summed E-state index contributed by atoms with van der Waals surface area (Å²) in [6.45, 7) is 0. The molecule has 0 bridgehead atoms. The third-order valence-corrected chi connectivity index (χ3v) is 1.98. The van der Waals surface area contributed by atoms with Gasteiger partial charge in [0, 0.05) is 0 Å². The molecule has 0 saturated carbocycles. The Morgan fingerprint density at radius 2 is 1.50 bits per heavy atom. The average Bonchev–Trinajstić information content (AvgIpc) is 1.76. The van der Waals surface area contributed by atoms with Gasteiger partial charge in [-0.15, -0.1) is 0 Å². The van der Waals surface area contributed by atoms with Gasteiger partial charge < -0.3 is 0 Å². The maximum absolute atomic E-state index is 2.07. The second kappa shape index (κ2) is 4.25. The van der Waals surface area contributed by atoms with Crippen molar-refractivity contribution in [3.05, 3.63) is 0 Å². The summed E-state index contributed by atoms with van der Waals surface area (Å²) in [5, 5.41) is 0. The smallest absolute Gasteiger partial charge is 0.162 e. The van der Waals surface area contributed by atoms with E-state index in [2.05, 4.69) is 11.8 Å². The first-order chi connectivity index (χ1) is 2.50. The summed E-state index contributed by atoms with van der Waals surface area (Å²) in [5.41, 5.74) is 0. The molecule has 1 heterocycles. The molecule has 0 radical (unpaired) electrons. The van der Waals surface area contributed by atoms with E-state index in [0.717, 1.165) is 0 Å². The Balaban J connectivity index is 0.000000250. The molecule has 0 aromatic carbocycles. The van der Waals surface area contributed by atoms with E-state index in [1.807, 2.05) is 0 Å². The van der Waals surface area contributed by atoms with Crippen LogP contribution in [0.15, 0.2) is 0 Å². The second-order valence-electron chi connectivity index (χ2n) is 1.32. The van der Waals surface area contributed by atoms with Gasteiger partial charge in [-0.25, -0.2) is 0 Å². The van der Waals surface area contributed by atoms with Gasteiger partial charge in [-0.2, -0.15) is 11.8 Å². The predicted molar refractivity (Wildman–Crippen MR) is 26.6 cm³/mol. The van der Waals surface area contributed by atoms with E-state index >= 15 is 0 Å². The van der Waals surface area contributed by atoms with Crippen molar-refractivity contribution in [2.24, 2.45) is 0 Å². The molecule has 0 aromatic heterocycles. The summed E-state index contributed by atoms with van der Waals surface area (Å²) in [6.07, 6.45) is 2.93. The van der Waals surface area contributed by atoms with Crippen molar-refractivity contribution >= 4 is 11.8 Å². The molecule has 0 amide bonds. The fraction of sp³-hybridized carbons (Fsp3) is 1.00. The summed E-state index contributed by atoms with van der Waals surface area (Å²) in [6, 6.07) is 0. The van der Waals surface area contributed by atoms with Gasteiger partial charge in [0.1, 0.15) is 0 Å². The van der Waals surface area contributed by atoms with Crippen LogP contribution in [0.25, 0.3) is 0 Å². The van der Waals surface area contributed by atoms with Crippen molar-refractivity contribution in [3.8, 4) is 0 Å². The summed E-state index contributed by atoms with van der Waals surface area (Å²) < 4.78 is 0. The predicted octanol–water partition coefficient (Wildman–Crippen LogP) is 1.51. The van der Waals surface area contributed by atoms with Gasteiger partial charge in [-0.1, -0.05) is 0 Å². The van der Waals surface area contributed by atoms with E-state index in [9.17, 15) is 0 Å². The molecule has 0 nitrogen and oxygen atoms in total. The zero-order valence-corrected chi connectivity index (χ0v) is 6.70. The molecule has 0 spiro atoms. The number of rotatable bonds is 0. The molecular formula is C4H8NbS+3. The van der Waals surface area contributed by atoms with Crippen LogP contribution in [0, 0.1) is 0 Å². The first-order valence-electron chi connectivity index (χ1n) is 2.08. The first-order valence-corrected chi connectivity index (χ1v) is 3.23. The van der Waals surface area contributed by atoms with Crippen molar-refractivity contribution in [3.63, 3.8) is 0 Å². The average molecular weight is 181 g/mol. The topological polar surface area (TPSA) is 0 Å². The van der Waals surface area contributed by atoms with E-state index in [1.165, 1.54) is 24.3 Å². The molecule has 1 rings (SSSR count). The van der Waals surface area contributed by atoms with Crippen LogP contribution in [-0.4, -0.2) is 11.5 Å². The van der Waals surface area contributed by atoms with Crippen molar-refractivity contribution in [2.45, 2.75) is 12.8 Å². The monoisotopic (exact) mass is 181 g/mol. The fourth-order valence-corrected chi connectivity index (χ4v) is 1.53. The maximum atomic E-state index is 2.07. The van der Waals surface area contributed by atoms with E-state index in [1.54, 1.807) is 0 Å². The van der Waals surface area contributed by atoms with Crippen molar-refractivity contribution < 1.29 is 22.4 Å². The largest absolute Gasteiger partial charge is 3.00 e. The van der Waals surface area contributed by atoms with Crippen LogP contribution in [0.2, 0.25) is 0 Å². The van der Waals surface area contributed by atoms with Crippen LogP contribution in [0.5, 0.6) is 0 Å². The Labute approximate surface area is 58.6 Å². The zero-order chi connectivity index (χ0) is 3.54. The Morgan fingerprint density at radius 3 is 1.67 bits per heavy atom. The van der Waals surface area contributed by atoms with E-state index in [-0.39, 0.29) is 22.4 Å². The molecule has 2 heteroatoms. The van der Waals surface area contributed by atoms with Crippen LogP contribution in [0.1, 0.15) is 12.8 Å². The second-order valence-corrected chi connectivity index (χ2v) is 2.54. The Bertz CT molecular complexity index is 19.1. The van der Waals surface area contributed by atoms with Gasteiger partial charge in [0.15, 0.2) is 0 Å². The van der Waals surface area contributed by atoms with E-state index < -0.39 is 0 Å². The van der Waals surface area contributed by atoms with E-state index in [4.69, 9.17) is 0 Å². The summed E-state index contributed by atoms with van der Waals surface area (Å²) in [7, 11) is 0. The minimum Gasteiger partial charge on any atom is -0.162 e. The normalized spacial score (nSPS) is 20.0. The van der Waals surface area contributed by atoms with Gasteiger partial charge in [0.2, 0.25) is 0 Å². The van der Waals surface area contributed by atoms with Crippen molar-refractivity contribution in [1.82, 2.24) is 0 Å². The Morgan fingerprint density at radius 1 is 1.00 bits per heavy atom. The summed E-state index contributed by atoms with van der Waals surface area (Å²) in [5.74, 6) is 2.83. The third-order valence-electron chi connectivity index (χ3n) is 0.827. The van der Waals surface area contributed by atoms with Gasteiger partial charge in [-0.3, -0.25) is 0 Å². The standard InChI is InChI=1S/C4H8S.Nb/c1-2-4-5-3-1;/h1-4H2;/q;+3. The molecule has 1 aliphatic rings. The van der Waals surface area contributed by atoms with Gasteiger partial charge >= 0.3 is 22.4 Å². The molecule has 0 atom stereocenters. The molecule has 0 aliphatic carbocycles. The van der Waals surface area contributed by atoms with Gasteiger partial charge in [0.25, 0.3) is 0 Å². The van der Waals surface area contributed by atoms with E-state index in [0.29, 0.717) is 0 Å². The van der Waals surface area contributed by atoms with Crippen LogP contribution in [-0.2, 0) is 22.4 Å². The van der Waals surface area contributed by atoms with Crippen molar-refractivity contribution in [2.75, 3.05) is 11.5 Å². The molecule has 0 N–H and O–H groups in total. The van der Waals surface area contributed by atoms with Crippen molar-refractivity contribution in [1.29, 1.82) is 0 Å². The van der Waals surface area contributed by atoms with Crippen LogP contribution in [0.4, 0.5) is 0 Å². The third kappa shape index (κ3) is 2.30. The molecule has 0 unspecified atom stereocenters. The first kappa shape index (κ1) is 7.09. The van der Waals surface area contributed by atoms with Crippen LogP contribution >= 0.6 is 11.8 Å². The molecule has 1 aliphatic heterocycles. The van der Waals surface area contributed by atoms with Crippen LogP contribution < -0.4 is 0 Å². The maximum Gasteiger partial charge on any atom is 3.00 e. The summed E-state index contributed by atoms with van der Waals surface area (Å²) in [4.78, 5) is 0. The minimum atomic E-state index is 0. The van der Waals surface area contributed by atoms with Gasteiger partial charge in [0.05, 0.1) is 0 Å². The Hall–Kier alpha value is 1.09. The van der Waals surface area contributed by atoms with Gasteiger partial charge in [-0.05, 0) is 24.3 Å². The minimum absolute atomic E-state index is 0. The molecule has 6 heavy (non-hydrogen) atoms. The zero-order valence-electron chi connectivity index (χ0n) is 3.68. The molecular weight excluding hydrogens is 173 g/mol. The molecule has 0 aromatic rings. The molecule has 32 valence electrons. The SMILES string of the molecule is C1CCSC1.[Nb+3]. The molecule has 1 saturated heterocycles. The fourth-order valence-electron chi connectivity index (χ4n) is 0.510. The number of hydrogen-bond acceptors (Lipinski definition) is 1. The number of hydrogen-bond donors (Lipinski definition) is 0. The quantitative estimate of drug-likeness (QED) is 0.510. The number of thioether (sulfide) groups is 1. The van der Waals surface area contributed by atoms with Crippen LogP contribution in [0.3, 0.4) is 0 Å². The molecule has 1 fully saturated rings.